The van der Waals surface area contributed by atoms with Gasteiger partial charge in [-0.05, 0) is 36.8 Å². The summed E-state index contributed by atoms with van der Waals surface area (Å²) in [5.41, 5.74) is 11.1. The molecule has 0 fully saturated rings. The molecule has 2 rings (SSSR count). The van der Waals surface area contributed by atoms with E-state index >= 15 is 0 Å². The van der Waals surface area contributed by atoms with Gasteiger partial charge in [-0.25, -0.2) is 0 Å². The maximum Gasteiger partial charge on any atom is 0.249 e. The van der Waals surface area contributed by atoms with Crippen molar-refractivity contribution in [2.45, 2.75) is 51.0 Å². The minimum absolute atomic E-state index is 0.114. The van der Waals surface area contributed by atoms with E-state index in [1.54, 1.807) is 6.92 Å². The highest BCUT2D eigenvalue weighted by molar-refractivity contribution is 7.09. The van der Waals surface area contributed by atoms with Crippen LogP contribution in [0.3, 0.4) is 0 Å². The van der Waals surface area contributed by atoms with Crippen LogP contribution in [0.2, 0.25) is 0 Å². The summed E-state index contributed by atoms with van der Waals surface area (Å²) in [4.78, 5) is 41.3. The Labute approximate surface area is 217 Å². The first kappa shape index (κ1) is 29.4. The fourth-order valence-corrected chi connectivity index (χ4v) is 4.81. The Bertz CT molecular complexity index is 972. The summed E-state index contributed by atoms with van der Waals surface area (Å²) < 4.78 is 11.9. The van der Waals surface area contributed by atoms with E-state index < -0.39 is 29.4 Å². The molecule has 4 unspecified atom stereocenters. The van der Waals surface area contributed by atoms with Crippen LogP contribution >= 0.6 is 11.3 Å². The van der Waals surface area contributed by atoms with Crippen LogP contribution in [0.1, 0.15) is 30.7 Å². The maximum absolute atomic E-state index is 13.2. The van der Waals surface area contributed by atoms with Gasteiger partial charge in [0.25, 0.3) is 0 Å². The number of benzene rings is 1. The van der Waals surface area contributed by atoms with E-state index in [1.165, 1.54) is 30.3 Å². The summed E-state index contributed by atoms with van der Waals surface area (Å²) in [5.74, 6) is -2.40. The standard InChI is InChI=1S/C26H38N4O5S/c1-5-19(27)16-34-17-22(31)30(4)23(24(28)32)26(2,35-15-18-10-7-6-8-11-18)21(25(33)29-3)14-20-12-9-13-36-20/h6-13,19,21,23H,5,14-17,27H2,1-4H3,(H2,28,32)(H,29,33). The molecule has 9 nitrogen and oxygen atoms in total. The summed E-state index contributed by atoms with van der Waals surface area (Å²) in [7, 11) is 3.00. The number of carbonyl (C=O) groups excluding carboxylic acids is 3. The van der Waals surface area contributed by atoms with Gasteiger partial charge in [0.05, 0.1) is 19.1 Å². The molecule has 0 aliphatic carbocycles. The number of nitrogens with two attached hydrogens (primary N) is 2. The maximum atomic E-state index is 13.2. The van der Waals surface area contributed by atoms with Crippen molar-refractivity contribution in [2.75, 3.05) is 27.3 Å². The highest BCUT2D eigenvalue weighted by Crippen LogP contribution is 2.34. The van der Waals surface area contributed by atoms with E-state index in [4.69, 9.17) is 20.9 Å². The molecule has 0 bridgehead atoms. The van der Waals surface area contributed by atoms with Crippen molar-refractivity contribution < 1.29 is 23.9 Å². The minimum atomic E-state index is -1.46. The molecule has 1 heterocycles. The van der Waals surface area contributed by atoms with Gasteiger partial charge in [0.1, 0.15) is 18.2 Å². The third kappa shape index (κ3) is 7.86. The molecule has 0 saturated carbocycles. The summed E-state index contributed by atoms with van der Waals surface area (Å²) in [6.07, 6.45) is 1.01. The molecule has 0 radical (unpaired) electrons. The van der Waals surface area contributed by atoms with E-state index in [-0.39, 0.29) is 31.8 Å². The van der Waals surface area contributed by atoms with Crippen molar-refractivity contribution in [3.05, 3.63) is 58.3 Å². The van der Waals surface area contributed by atoms with Crippen LogP contribution in [-0.4, -0.2) is 67.6 Å². The molecule has 0 aliphatic heterocycles. The number of likely N-dealkylation sites (N-methyl/N-ethyl adjacent to an activating group) is 1. The molecule has 5 N–H and O–H groups in total. The summed E-state index contributed by atoms with van der Waals surface area (Å²) in [5, 5.41) is 4.60. The quantitative estimate of drug-likeness (QED) is 0.328. The number of primary amides is 1. The van der Waals surface area contributed by atoms with Crippen LogP contribution in [0.25, 0.3) is 0 Å². The fraction of sp³-hybridized carbons (Fsp3) is 0.500. The van der Waals surface area contributed by atoms with Crippen molar-refractivity contribution in [3.63, 3.8) is 0 Å². The number of nitrogens with zero attached hydrogens (tertiary/aromatic N) is 1. The number of carbonyl (C=O) groups is 3. The third-order valence-electron chi connectivity index (χ3n) is 6.31. The van der Waals surface area contributed by atoms with Gasteiger partial charge in [-0.3, -0.25) is 14.4 Å². The first-order chi connectivity index (χ1) is 17.1. The van der Waals surface area contributed by atoms with Crippen molar-refractivity contribution in [2.24, 2.45) is 17.4 Å². The second-order valence-corrected chi connectivity index (χ2v) is 9.93. The zero-order chi connectivity index (χ0) is 26.7. The molecule has 3 amide bonds. The van der Waals surface area contributed by atoms with E-state index in [1.807, 2.05) is 54.8 Å². The van der Waals surface area contributed by atoms with Crippen LogP contribution < -0.4 is 16.8 Å². The molecule has 1 aromatic carbocycles. The average molecular weight is 519 g/mol. The summed E-state index contributed by atoms with van der Waals surface area (Å²) >= 11 is 1.50. The number of ether oxygens (including phenoxy) is 2. The average Bonchev–Trinajstić information content (AvgIpc) is 3.39. The normalized spacial score (nSPS) is 15.4. The highest BCUT2D eigenvalue weighted by Gasteiger charge is 2.51. The summed E-state index contributed by atoms with van der Waals surface area (Å²) in [6.45, 7) is 3.63. The van der Waals surface area contributed by atoms with Crippen molar-refractivity contribution in [3.8, 4) is 0 Å². The Balaban J connectivity index is 2.44. The Morgan fingerprint density at radius 3 is 2.42 bits per heavy atom. The van der Waals surface area contributed by atoms with Crippen LogP contribution in [0.4, 0.5) is 0 Å². The lowest BCUT2D eigenvalue weighted by Gasteiger charge is -2.44. The van der Waals surface area contributed by atoms with Crippen LogP contribution in [0.15, 0.2) is 47.8 Å². The highest BCUT2D eigenvalue weighted by atomic mass is 32.1. The number of nitrogens with one attached hydrogen (secondary N) is 1. The van der Waals surface area contributed by atoms with Gasteiger partial charge in [0.2, 0.25) is 17.7 Å². The van der Waals surface area contributed by atoms with Crippen LogP contribution in [0, 0.1) is 5.92 Å². The van der Waals surface area contributed by atoms with Gasteiger partial charge in [-0.1, -0.05) is 43.3 Å². The Hall–Kier alpha value is -2.79. The molecule has 2 aromatic rings. The van der Waals surface area contributed by atoms with E-state index in [2.05, 4.69) is 5.32 Å². The Kier molecular flexibility index (Phi) is 11.5. The fourth-order valence-electron chi connectivity index (χ4n) is 4.06. The number of hydrogen-bond acceptors (Lipinski definition) is 7. The van der Waals surface area contributed by atoms with Gasteiger partial charge in [0, 0.05) is 25.0 Å². The number of thiophene rings is 1. The molecule has 0 spiro atoms. The first-order valence-corrected chi connectivity index (χ1v) is 12.8. The predicted octanol–water partition coefficient (Wildman–Crippen LogP) is 1.69. The zero-order valence-corrected chi connectivity index (χ0v) is 22.3. The van der Waals surface area contributed by atoms with E-state index in [0.717, 1.165) is 10.4 Å². The predicted molar refractivity (Wildman–Crippen MR) is 140 cm³/mol. The number of amides is 3. The molecule has 0 saturated heterocycles. The zero-order valence-electron chi connectivity index (χ0n) is 21.4. The van der Waals surface area contributed by atoms with Crippen molar-refractivity contribution in [1.29, 1.82) is 0 Å². The minimum Gasteiger partial charge on any atom is -0.370 e. The second kappa shape index (κ2) is 14.1. The smallest absolute Gasteiger partial charge is 0.249 e. The van der Waals surface area contributed by atoms with Crippen molar-refractivity contribution >= 4 is 29.1 Å². The van der Waals surface area contributed by atoms with Crippen LogP contribution in [0.5, 0.6) is 0 Å². The van der Waals surface area contributed by atoms with Gasteiger partial charge in [-0.2, -0.15) is 0 Å². The second-order valence-electron chi connectivity index (χ2n) is 8.90. The number of rotatable bonds is 15. The molecule has 4 atom stereocenters. The topological polar surface area (TPSA) is 137 Å². The lowest BCUT2D eigenvalue weighted by atomic mass is 9.78. The molecular formula is C26H38N4O5S. The number of hydrogen-bond donors (Lipinski definition) is 3. The van der Waals surface area contributed by atoms with Crippen LogP contribution in [-0.2, 0) is 36.9 Å². The summed E-state index contributed by atoms with van der Waals surface area (Å²) in [6, 6.07) is 11.8. The van der Waals surface area contributed by atoms with Gasteiger partial charge >= 0.3 is 0 Å². The van der Waals surface area contributed by atoms with Gasteiger partial charge in [-0.15, -0.1) is 11.3 Å². The van der Waals surface area contributed by atoms with Gasteiger partial charge < -0.3 is 31.2 Å². The Morgan fingerprint density at radius 1 is 1.17 bits per heavy atom. The largest absolute Gasteiger partial charge is 0.370 e. The molecular weight excluding hydrogens is 480 g/mol. The van der Waals surface area contributed by atoms with E-state index in [9.17, 15) is 14.4 Å². The molecule has 10 heteroatoms. The molecule has 0 aliphatic rings. The SMILES string of the molecule is CCC(N)COCC(=O)N(C)C(C(N)=O)C(C)(OCc1ccccc1)C(Cc1cccs1)C(=O)NC. The molecule has 198 valence electrons. The van der Waals surface area contributed by atoms with E-state index in [0.29, 0.717) is 12.8 Å². The lowest BCUT2D eigenvalue weighted by molar-refractivity contribution is -0.170. The molecule has 36 heavy (non-hydrogen) atoms. The molecule has 1 aromatic heterocycles. The lowest BCUT2D eigenvalue weighted by Crippen LogP contribution is -2.65. The Morgan fingerprint density at radius 2 is 1.86 bits per heavy atom. The van der Waals surface area contributed by atoms with Crippen molar-refractivity contribution in [1.82, 2.24) is 10.2 Å². The monoisotopic (exact) mass is 518 g/mol. The first-order valence-electron chi connectivity index (χ1n) is 11.9. The third-order valence-corrected chi connectivity index (χ3v) is 7.21. The van der Waals surface area contributed by atoms with Gasteiger partial charge in [0.15, 0.2) is 0 Å².